The SMILES string of the molecule is CCNC(=NCc1ccnc(OC)c1)NC(C)CCCN(CC)CC. The lowest BCUT2D eigenvalue weighted by molar-refractivity contribution is 0.292. The van der Waals surface area contributed by atoms with Crippen LogP contribution in [0.1, 0.15) is 46.1 Å². The molecule has 0 aliphatic rings. The van der Waals surface area contributed by atoms with Crippen LogP contribution < -0.4 is 15.4 Å². The summed E-state index contributed by atoms with van der Waals surface area (Å²) in [5.74, 6) is 1.48. The minimum atomic E-state index is 0.389. The fraction of sp³-hybridized carbons (Fsp3) is 0.684. The third-order valence-corrected chi connectivity index (χ3v) is 4.16. The molecule has 25 heavy (non-hydrogen) atoms. The van der Waals surface area contributed by atoms with Crippen molar-refractivity contribution in [3.05, 3.63) is 23.9 Å². The fourth-order valence-corrected chi connectivity index (χ4v) is 2.62. The summed E-state index contributed by atoms with van der Waals surface area (Å²) in [6.07, 6.45) is 4.07. The lowest BCUT2D eigenvalue weighted by Gasteiger charge is -2.21. The van der Waals surface area contributed by atoms with Crippen molar-refractivity contribution >= 4 is 5.96 Å². The first-order chi connectivity index (χ1) is 12.1. The molecule has 0 saturated heterocycles. The van der Waals surface area contributed by atoms with Crippen LogP contribution in [0.2, 0.25) is 0 Å². The van der Waals surface area contributed by atoms with Crippen molar-refractivity contribution in [2.75, 3.05) is 33.3 Å². The van der Waals surface area contributed by atoms with Crippen LogP contribution in [0.4, 0.5) is 0 Å². The number of nitrogens with one attached hydrogen (secondary N) is 2. The van der Waals surface area contributed by atoms with Gasteiger partial charge in [-0.05, 0) is 58.0 Å². The number of aromatic nitrogens is 1. The first kappa shape index (κ1) is 21.2. The highest BCUT2D eigenvalue weighted by Crippen LogP contribution is 2.09. The Balaban J connectivity index is 2.51. The lowest BCUT2D eigenvalue weighted by atomic mass is 10.2. The number of nitrogens with zero attached hydrogens (tertiary/aromatic N) is 3. The molecule has 1 aromatic rings. The highest BCUT2D eigenvalue weighted by Gasteiger charge is 2.07. The second-order valence-electron chi connectivity index (χ2n) is 6.12. The summed E-state index contributed by atoms with van der Waals surface area (Å²) in [7, 11) is 1.63. The number of rotatable bonds is 11. The van der Waals surface area contributed by atoms with Crippen molar-refractivity contribution in [1.82, 2.24) is 20.5 Å². The van der Waals surface area contributed by atoms with Gasteiger partial charge in [0.25, 0.3) is 0 Å². The molecule has 142 valence electrons. The molecule has 6 heteroatoms. The number of hydrogen-bond donors (Lipinski definition) is 2. The molecule has 0 amide bonds. The molecule has 1 unspecified atom stereocenters. The number of methoxy groups -OCH3 is 1. The smallest absolute Gasteiger partial charge is 0.213 e. The number of guanidine groups is 1. The van der Waals surface area contributed by atoms with Crippen LogP contribution in [-0.4, -0.2) is 55.2 Å². The van der Waals surface area contributed by atoms with Gasteiger partial charge in [-0.15, -0.1) is 0 Å². The highest BCUT2D eigenvalue weighted by atomic mass is 16.5. The van der Waals surface area contributed by atoms with Crippen molar-refractivity contribution in [3.63, 3.8) is 0 Å². The molecule has 1 rings (SSSR count). The van der Waals surface area contributed by atoms with E-state index < -0.39 is 0 Å². The maximum absolute atomic E-state index is 5.16. The first-order valence-electron chi connectivity index (χ1n) is 9.38. The molecule has 1 atom stereocenters. The molecule has 0 radical (unpaired) electrons. The van der Waals surface area contributed by atoms with E-state index in [4.69, 9.17) is 4.74 Å². The summed E-state index contributed by atoms with van der Waals surface area (Å²) in [4.78, 5) is 11.3. The number of pyridine rings is 1. The zero-order valence-corrected chi connectivity index (χ0v) is 16.5. The van der Waals surface area contributed by atoms with Gasteiger partial charge in [0, 0.05) is 24.8 Å². The molecule has 0 spiro atoms. The van der Waals surface area contributed by atoms with Gasteiger partial charge < -0.3 is 20.3 Å². The van der Waals surface area contributed by atoms with Crippen molar-refractivity contribution in [2.24, 2.45) is 4.99 Å². The van der Waals surface area contributed by atoms with Crippen molar-refractivity contribution in [3.8, 4) is 5.88 Å². The van der Waals surface area contributed by atoms with Crippen LogP contribution in [0.3, 0.4) is 0 Å². The molecule has 2 N–H and O–H groups in total. The molecular weight excluding hydrogens is 314 g/mol. The summed E-state index contributed by atoms with van der Waals surface area (Å²) in [6, 6.07) is 4.27. The van der Waals surface area contributed by atoms with Gasteiger partial charge in [-0.25, -0.2) is 9.98 Å². The van der Waals surface area contributed by atoms with E-state index in [2.05, 4.69) is 53.2 Å². The van der Waals surface area contributed by atoms with Gasteiger partial charge in [-0.2, -0.15) is 0 Å². The largest absolute Gasteiger partial charge is 0.481 e. The minimum absolute atomic E-state index is 0.389. The van der Waals surface area contributed by atoms with E-state index >= 15 is 0 Å². The highest BCUT2D eigenvalue weighted by molar-refractivity contribution is 5.80. The molecule has 6 nitrogen and oxygen atoms in total. The topological polar surface area (TPSA) is 61.8 Å². The summed E-state index contributed by atoms with van der Waals surface area (Å²) >= 11 is 0. The van der Waals surface area contributed by atoms with E-state index in [0.717, 1.165) is 44.1 Å². The Morgan fingerprint density at radius 2 is 2.08 bits per heavy atom. The predicted molar refractivity (Wildman–Crippen MR) is 105 cm³/mol. The van der Waals surface area contributed by atoms with Gasteiger partial charge >= 0.3 is 0 Å². The zero-order chi connectivity index (χ0) is 18.5. The van der Waals surface area contributed by atoms with E-state index in [9.17, 15) is 0 Å². The Hall–Kier alpha value is -1.82. The van der Waals surface area contributed by atoms with Gasteiger partial charge in [0.2, 0.25) is 5.88 Å². The van der Waals surface area contributed by atoms with Crippen LogP contribution >= 0.6 is 0 Å². The average Bonchev–Trinajstić information content (AvgIpc) is 2.63. The van der Waals surface area contributed by atoms with E-state index in [1.54, 1.807) is 13.3 Å². The van der Waals surface area contributed by atoms with Crippen LogP contribution in [0.15, 0.2) is 23.3 Å². The summed E-state index contributed by atoms with van der Waals surface area (Å²) in [5, 5.41) is 6.82. The third-order valence-electron chi connectivity index (χ3n) is 4.16. The van der Waals surface area contributed by atoms with Crippen LogP contribution in [-0.2, 0) is 6.54 Å². The fourth-order valence-electron chi connectivity index (χ4n) is 2.62. The van der Waals surface area contributed by atoms with Gasteiger partial charge in [-0.1, -0.05) is 13.8 Å². The Morgan fingerprint density at radius 3 is 2.72 bits per heavy atom. The van der Waals surface area contributed by atoms with E-state index in [0.29, 0.717) is 18.5 Å². The second-order valence-corrected chi connectivity index (χ2v) is 6.12. The predicted octanol–water partition coefficient (Wildman–Crippen LogP) is 2.66. The quantitative estimate of drug-likeness (QED) is 0.475. The summed E-state index contributed by atoms with van der Waals surface area (Å²) in [5.41, 5.74) is 1.08. The molecule has 0 aromatic carbocycles. The standard InChI is InChI=1S/C19H35N5O/c1-6-20-19(22-15-17-11-12-21-18(14-17)25-5)23-16(4)10-9-13-24(7-2)8-3/h11-12,14,16H,6-10,13,15H2,1-5H3,(H2,20,22,23). The van der Waals surface area contributed by atoms with E-state index in [1.807, 2.05) is 12.1 Å². The van der Waals surface area contributed by atoms with Crippen molar-refractivity contribution in [1.29, 1.82) is 0 Å². The molecule has 1 aromatic heterocycles. The Bertz CT molecular complexity index is 502. The molecule has 0 bridgehead atoms. The van der Waals surface area contributed by atoms with Crippen LogP contribution in [0.5, 0.6) is 5.88 Å². The van der Waals surface area contributed by atoms with Gasteiger partial charge in [0.05, 0.1) is 13.7 Å². The number of ether oxygens (including phenoxy) is 1. The molecule has 0 aliphatic heterocycles. The summed E-state index contributed by atoms with van der Waals surface area (Å²) in [6.45, 7) is 13.6. The monoisotopic (exact) mass is 349 g/mol. The van der Waals surface area contributed by atoms with Crippen LogP contribution in [0, 0.1) is 0 Å². The van der Waals surface area contributed by atoms with Crippen molar-refractivity contribution < 1.29 is 4.74 Å². The minimum Gasteiger partial charge on any atom is -0.481 e. The summed E-state index contributed by atoms with van der Waals surface area (Å²) < 4.78 is 5.16. The normalized spacial score (nSPS) is 13.0. The van der Waals surface area contributed by atoms with Gasteiger partial charge in [-0.3, -0.25) is 0 Å². The Kier molecular flexibility index (Phi) is 10.6. The third kappa shape index (κ3) is 8.72. The Labute approximate surface area is 153 Å². The molecule has 0 saturated carbocycles. The van der Waals surface area contributed by atoms with Gasteiger partial charge in [0.1, 0.15) is 0 Å². The maximum Gasteiger partial charge on any atom is 0.213 e. The van der Waals surface area contributed by atoms with E-state index in [-0.39, 0.29) is 0 Å². The van der Waals surface area contributed by atoms with E-state index in [1.165, 1.54) is 6.42 Å². The number of aliphatic imine (C=N–C) groups is 1. The second kappa shape index (κ2) is 12.5. The zero-order valence-electron chi connectivity index (χ0n) is 16.5. The lowest BCUT2D eigenvalue weighted by Crippen LogP contribution is -2.42. The molecule has 0 aliphatic carbocycles. The van der Waals surface area contributed by atoms with Crippen LogP contribution in [0.25, 0.3) is 0 Å². The molecule has 1 heterocycles. The van der Waals surface area contributed by atoms with Crippen molar-refractivity contribution in [2.45, 2.75) is 53.1 Å². The van der Waals surface area contributed by atoms with Gasteiger partial charge in [0.15, 0.2) is 5.96 Å². The molecular formula is C19H35N5O. The first-order valence-corrected chi connectivity index (χ1v) is 9.38. The maximum atomic E-state index is 5.16. The average molecular weight is 350 g/mol. The Morgan fingerprint density at radius 1 is 1.32 bits per heavy atom. The number of hydrogen-bond acceptors (Lipinski definition) is 4. The molecule has 0 fully saturated rings.